The molecule has 0 unspecified atom stereocenters. The number of anilines is 2. The fraction of sp³-hybridized carbons (Fsp3) is 0.0667. The molecule has 2 aromatic rings. The lowest BCUT2D eigenvalue weighted by atomic mass is 10.1. The third-order valence-corrected chi connectivity index (χ3v) is 3.28. The molecular formula is C15H12N2O3. The normalized spacial score (nSPS) is 13.6. The van der Waals surface area contributed by atoms with Gasteiger partial charge in [-0.1, -0.05) is 6.07 Å². The van der Waals surface area contributed by atoms with Crippen molar-refractivity contribution in [3.05, 3.63) is 53.6 Å². The lowest BCUT2D eigenvalue weighted by Crippen LogP contribution is -2.29. The van der Waals surface area contributed by atoms with Gasteiger partial charge in [-0.05, 0) is 36.4 Å². The molecule has 1 heterocycles. The van der Waals surface area contributed by atoms with Crippen LogP contribution in [0.1, 0.15) is 20.7 Å². The molecule has 0 fully saturated rings. The number of methoxy groups -OCH3 is 1. The Bertz CT molecular complexity index is 708. The van der Waals surface area contributed by atoms with Crippen LogP contribution < -0.4 is 15.4 Å². The Balaban J connectivity index is 2.07. The Morgan fingerprint density at radius 2 is 1.70 bits per heavy atom. The van der Waals surface area contributed by atoms with Gasteiger partial charge in [0.15, 0.2) is 0 Å². The quantitative estimate of drug-likeness (QED) is 0.668. The second-order valence-corrected chi connectivity index (χ2v) is 4.41. The van der Waals surface area contributed by atoms with E-state index >= 15 is 0 Å². The van der Waals surface area contributed by atoms with E-state index in [2.05, 4.69) is 0 Å². The van der Waals surface area contributed by atoms with Gasteiger partial charge in [-0.2, -0.15) is 0 Å². The van der Waals surface area contributed by atoms with Crippen LogP contribution in [0.5, 0.6) is 5.75 Å². The zero-order valence-corrected chi connectivity index (χ0v) is 10.8. The maximum Gasteiger partial charge on any atom is 0.268 e. The van der Waals surface area contributed by atoms with Crippen LogP contribution in [0.3, 0.4) is 0 Å². The van der Waals surface area contributed by atoms with Crippen molar-refractivity contribution < 1.29 is 14.3 Å². The first kappa shape index (κ1) is 12.2. The first-order chi connectivity index (χ1) is 9.63. The van der Waals surface area contributed by atoms with Gasteiger partial charge in [-0.25, -0.2) is 4.90 Å². The summed E-state index contributed by atoms with van der Waals surface area (Å²) in [7, 11) is 1.55. The maximum absolute atomic E-state index is 12.4. The van der Waals surface area contributed by atoms with Gasteiger partial charge in [0.2, 0.25) is 0 Å². The SMILES string of the molecule is COc1ccc(N2C(=O)c3cccc(N)c3C2=O)cc1. The van der Waals surface area contributed by atoms with E-state index in [1.54, 1.807) is 49.6 Å². The molecule has 100 valence electrons. The molecule has 5 nitrogen and oxygen atoms in total. The predicted molar refractivity (Wildman–Crippen MR) is 75.0 cm³/mol. The maximum atomic E-state index is 12.4. The lowest BCUT2D eigenvalue weighted by Gasteiger charge is -2.14. The fourth-order valence-electron chi connectivity index (χ4n) is 2.28. The van der Waals surface area contributed by atoms with Crippen LogP contribution >= 0.6 is 0 Å². The molecule has 2 aromatic carbocycles. The molecule has 0 atom stereocenters. The lowest BCUT2D eigenvalue weighted by molar-refractivity contribution is 0.0926. The first-order valence-corrected chi connectivity index (χ1v) is 6.05. The monoisotopic (exact) mass is 268 g/mol. The molecule has 2 amide bonds. The third kappa shape index (κ3) is 1.64. The van der Waals surface area contributed by atoms with Crippen LogP contribution in [0.4, 0.5) is 11.4 Å². The summed E-state index contributed by atoms with van der Waals surface area (Å²) in [5.41, 5.74) is 7.21. The summed E-state index contributed by atoms with van der Waals surface area (Å²) in [5.74, 6) is -0.0967. The minimum atomic E-state index is -0.395. The average molecular weight is 268 g/mol. The second-order valence-electron chi connectivity index (χ2n) is 4.41. The van der Waals surface area contributed by atoms with Crippen molar-refractivity contribution in [3.8, 4) is 5.75 Å². The predicted octanol–water partition coefficient (Wildman–Crippen LogP) is 2.08. The summed E-state index contributed by atoms with van der Waals surface area (Å²) >= 11 is 0. The van der Waals surface area contributed by atoms with Crippen molar-refractivity contribution in [2.45, 2.75) is 0 Å². The molecule has 0 aromatic heterocycles. The van der Waals surface area contributed by atoms with Gasteiger partial charge in [-0.15, -0.1) is 0 Å². The Hall–Kier alpha value is -2.82. The Morgan fingerprint density at radius 1 is 1.00 bits per heavy atom. The van der Waals surface area contributed by atoms with E-state index in [-0.39, 0.29) is 11.5 Å². The highest BCUT2D eigenvalue weighted by Gasteiger charge is 2.37. The zero-order chi connectivity index (χ0) is 14.3. The van der Waals surface area contributed by atoms with E-state index in [1.165, 1.54) is 0 Å². The molecule has 0 spiro atoms. The van der Waals surface area contributed by atoms with Crippen molar-refractivity contribution in [2.75, 3.05) is 17.7 Å². The molecule has 5 heteroatoms. The minimum Gasteiger partial charge on any atom is -0.497 e. The van der Waals surface area contributed by atoms with Crippen molar-refractivity contribution in [1.82, 2.24) is 0 Å². The van der Waals surface area contributed by atoms with Crippen molar-refractivity contribution in [1.29, 1.82) is 0 Å². The number of nitrogens with zero attached hydrogens (tertiary/aromatic N) is 1. The number of nitrogen functional groups attached to an aromatic ring is 1. The number of hydrogen-bond donors (Lipinski definition) is 1. The highest BCUT2D eigenvalue weighted by Crippen LogP contribution is 2.32. The van der Waals surface area contributed by atoms with E-state index in [4.69, 9.17) is 10.5 Å². The van der Waals surface area contributed by atoms with Crippen molar-refractivity contribution in [2.24, 2.45) is 0 Å². The summed E-state index contributed by atoms with van der Waals surface area (Å²) < 4.78 is 5.06. The molecule has 0 saturated carbocycles. The Labute approximate surface area is 115 Å². The molecule has 1 aliphatic heterocycles. The molecule has 0 bridgehead atoms. The minimum absolute atomic E-state index is 0.272. The molecule has 2 N–H and O–H groups in total. The van der Waals surface area contributed by atoms with Crippen LogP contribution in [0.2, 0.25) is 0 Å². The highest BCUT2D eigenvalue weighted by atomic mass is 16.5. The van der Waals surface area contributed by atoms with Crippen LogP contribution in [0, 0.1) is 0 Å². The standard InChI is InChI=1S/C15H12N2O3/c1-20-10-7-5-9(6-8-10)17-14(18)11-3-2-4-12(16)13(11)15(17)19/h2-8H,16H2,1H3. The van der Waals surface area contributed by atoms with E-state index in [1.807, 2.05) is 0 Å². The number of amides is 2. The highest BCUT2D eigenvalue weighted by molar-refractivity contribution is 6.35. The van der Waals surface area contributed by atoms with Gasteiger partial charge < -0.3 is 10.5 Å². The molecule has 0 radical (unpaired) electrons. The number of carbonyl (C=O) groups is 2. The number of benzene rings is 2. The van der Waals surface area contributed by atoms with Gasteiger partial charge in [-0.3, -0.25) is 9.59 Å². The van der Waals surface area contributed by atoms with Crippen LogP contribution in [-0.4, -0.2) is 18.9 Å². The second kappa shape index (κ2) is 4.38. The van der Waals surface area contributed by atoms with Gasteiger partial charge in [0.05, 0.1) is 23.9 Å². The number of nitrogens with two attached hydrogens (primary N) is 1. The van der Waals surface area contributed by atoms with Gasteiger partial charge in [0.25, 0.3) is 11.8 Å². The van der Waals surface area contributed by atoms with Gasteiger partial charge in [0.1, 0.15) is 5.75 Å². The molecule has 0 aliphatic carbocycles. The number of imide groups is 1. The molecule has 3 rings (SSSR count). The van der Waals surface area contributed by atoms with Crippen LogP contribution in [0.25, 0.3) is 0 Å². The number of ether oxygens (including phenoxy) is 1. The Morgan fingerprint density at radius 3 is 2.30 bits per heavy atom. The largest absolute Gasteiger partial charge is 0.497 e. The van der Waals surface area contributed by atoms with Crippen LogP contribution in [0.15, 0.2) is 42.5 Å². The number of fused-ring (bicyclic) bond motifs is 1. The van der Waals surface area contributed by atoms with E-state index < -0.39 is 5.91 Å². The summed E-state index contributed by atoms with van der Waals surface area (Å²) in [6, 6.07) is 11.6. The Kier molecular flexibility index (Phi) is 2.68. The summed E-state index contributed by atoms with van der Waals surface area (Å²) in [4.78, 5) is 25.8. The number of hydrogen-bond acceptors (Lipinski definition) is 4. The average Bonchev–Trinajstić information content (AvgIpc) is 2.72. The number of rotatable bonds is 2. The van der Waals surface area contributed by atoms with Crippen LogP contribution in [-0.2, 0) is 0 Å². The first-order valence-electron chi connectivity index (χ1n) is 6.05. The number of carbonyl (C=O) groups excluding carboxylic acids is 2. The van der Waals surface area contributed by atoms with Crippen molar-refractivity contribution >= 4 is 23.2 Å². The molecule has 20 heavy (non-hydrogen) atoms. The van der Waals surface area contributed by atoms with E-state index in [0.717, 1.165) is 4.90 Å². The molecule has 0 saturated heterocycles. The third-order valence-electron chi connectivity index (χ3n) is 3.28. The smallest absolute Gasteiger partial charge is 0.268 e. The van der Waals surface area contributed by atoms with Gasteiger partial charge in [0, 0.05) is 5.69 Å². The zero-order valence-electron chi connectivity index (χ0n) is 10.8. The van der Waals surface area contributed by atoms with E-state index in [0.29, 0.717) is 22.7 Å². The summed E-state index contributed by atoms with van der Waals surface area (Å²) in [5, 5.41) is 0. The molecular weight excluding hydrogens is 256 g/mol. The van der Waals surface area contributed by atoms with E-state index in [9.17, 15) is 9.59 Å². The summed E-state index contributed by atoms with van der Waals surface area (Å²) in [6.45, 7) is 0. The summed E-state index contributed by atoms with van der Waals surface area (Å²) in [6.07, 6.45) is 0. The topological polar surface area (TPSA) is 72.6 Å². The fourth-order valence-corrected chi connectivity index (χ4v) is 2.28. The molecule has 1 aliphatic rings. The van der Waals surface area contributed by atoms with Gasteiger partial charge >= 0.3 is 0 Å². The van der Waals surface area contributed by atoms with Crippen molar-refractivity contribution in [3.63, 3.8) is 0 Å².